The van der Waals surface area contributed by atoms with Crippen LogP contribution in [0.25, 0.3) is 0 Å². The van der Waals surface area contributed by atoms with E-state index >= 15 is 0 Å². The van der Waals surface area contributed by atoms with Gasteiger partial charge in [-0.1, -0.05) is 0 Å². The standard InChI is InChI=1S/C17H26N2O4/c1-13(2)22-12-4-8-18-16(20)14-6-9-19(10-7-14)17(21)15-5-3-11-23-15/h3,5,11,13-14H,4,6-10,12H2,1-2H3,(H,18,20). The van der Waals surface area contributed by atoms with Crippen molar-refractivity contribution in [3.05, 3.63) is 24.2 Å². The highest BCUT2D eigenvalue weighted by molar-refractivity contribution is 5.91. The molecular weight excluding hydrogens is 296 g/mol. The van der Waals surface area contributed by atoms with Gasteiger partial charge in [0.15, 0.2) is 5.76 Å². The fourth-order valence-corrected chi connectivity index (χ4v) is 2.65. The summed E-state index contributed by atoms with van der Waals surface area (Å²) in [6, 6.07) is 3.37. The third kappa shape index (κ3) is 5.39. The topological polar surface area (TPSA) is 71.8 Å². The van der Waals surface area contributed by atoms with Crippen molar-refractivity contribution in [2.75, 3.05) is 26.2 Å². The maximum Gasteiger partial charge on any atom is 0.289 e. The second-order valence-corrected chi connectivity index (χ2v) is 6.11. The molecule has 1 aromatic heterocycles. The van der Waals surface area contributed by atoms with Crippen LogP contribution in [0, 0.1) is 5.92 Å². The van der Waals surface area contributed by atoms with Gasteiger partial charge in [-0.2, -0.15) is 0 Å². The molecule has 6 nitrogen and oxygen atoms in total. The van der Waals surface area contributed by atoms with E-state index in [1.54, 1.807) is 17.0 Å². The molecule has 0 unspecified atom stereocenters. The van der Waals surface area contributed by atoms with Crippen LogP contribution in [0.4, 0.5) is 0 Å². The Kier molecular flexibility index (Phi) is 6.65. The highest BCUT2D eigenvalue weighted by atomic mass is 16.5. The van der Waals surface area contributed by atoms with Gasteiger partial charge in [0.1, 0.15) is 0 Å². The van der Waals surface area contributed by atoms with Crippen LogP contribution in [-0.2, 0) is 9.53 Å². The van der Waals surface area contributed by atoms with Gasteiger partial charge in [0, 0.05) is 32.2 Å². The van der Waals surface area contributed by atoms with Crippen LogP contribution in [0.15, 0.2) is 22.8 Å². The molecule has 2 heterocycles. The zero-order valence-electron chi connectivity index (χ0n) is 13.9. The Hall–Kier alpha value is -1.82. The summed E-state index contributed by atoms with van der Waals surface area (Å²) in [5.74, 6) is 0.332. The highest BCUT2D eigenvalue weighted by Gasteiger charge is 2.28. The van der Waals surface area contributed by atoms with Crippen molar-refractivity contribution in [2.24, 2.45) is 5.92 Å². The van der Waals surface area contributed by atoms with E-state index in [0.717, 1.165) is 6.42 Å². The van der Waals surface area contributed by atoms with Crippen molar-refractivity contribution in [1.29, 1.82) is 0 Å². The van der Waals surface area contributed by atoms with Crippen molar-refractivity contribution in [3.8, 4) is 0 Å². The molecule has 0 radical (unpaired) electrons. The van der Waals surface area contributed by atoms with E-state index in [1.807, 2.05) is 13.8 Å². The van der Waals surface area contributed by atoms with E-state index in [1.165, 1.54) is 6.26 Å². The number of hydrogen-bond acceptors (Lipinski definition) is 4. The van der Waals surface area contributed by atoms with Crippen LogP contribution in [0.5, 0.6) is 0 Å². The van der Waals surface area contributed by atoms with E-state index in [0.29, 0.717) is 44.8 Å². The Bertz CT molecular complexity index is 491. The number of likely N-dealkylation sites (tertiary alicyclic amines) is 1. The molecule has 128 valence electrons. The number of piperidine rings is 1. The number of carbonyl (C=O) groups is 2. The third-order valence-corrected chi connectivity index (χ3v) is 3.96. The Morgan fingerprint density at radius 1 is 1.39 bits per heavy atom. The average Bonchev–Trinajstić information content (AvgIpc) is 3.08. The maximum absolute atomic E-state index is 12.2. The van der Waals surface area contributed by atoms with Crippen molar-refractivity contribution in [3.63, 3.8) is 0 Å². The Balaban J connectivity index is 1.65. The van der Waals surface area contributed by atoms with Gasteiger partial charge in [-0.15, -0.1) is 0 Å². The number of amides is 2. The predicted octanol–water partition coefficient (Wildman–Crippen LogP) is 2.06. The first-order valence-corrected chi connectivity index (χ1v) is 8.30. The van der Waals surface area contributed by atoms with Gasteiger partial charge in [0.25, 0.3) is 5.91 Å². The molecule has 23 heavy (non-hydrogen) atoms. The lowest BCUT2D eigenvalue weighted by molar-refractivity contribution is -0.126. The molecule has 0 atom stereocenters. The van der Waals surface area contributed by atoms with Gasteiger partial charge in [0.05, 0.1) is 12.4 Å². The summed E-state index contributed by atoms with van der Waals surface area (Å²) in [7, 11) is 0. The summed E-state index contributed by atoms with van der Waals surface area (Å²) in [6.07, 6.45) is 3.93. The predicted molar refractivity (Wildman–Crippen MR) is 86.1 cm³/mol. The molecule has 1 saturated heterocycles. The molecule has 1 N–H and O–H groups in total. The number of furan rings is 1. The van der Waals surface area contributed by atoms with E-state index in [2.05, 4.69) is 5.32 Å². The molecule has 0 spiro atoms. The van der Waals surface area contributed by atoms with Crippen LogP contribution in [-0.4, -0.2) is 49.1 Å². The minimum absolute atomic E-state index is 0.0123. The van der Waals surface area contributed by atoms with E-state index < -0.39 is 0 Å². The van der Waals surface area contributed by atoms with Gasteiger partial charge in [-0.05, 0) is 45.2 Å². The fourth-order valence-electron chi connectivity index (χ4n) is 2.65. The highest BCUT2D eigenvalue weighted by Crippen LogP contribution is 2.19. The van der Waals surface area contributed by atoms with Crippen LogP contribution >= 0.6 is 0 Å². The van der Waals surface area contributed by atoms with Crippen LogP contribution in [0.2, 0.25) is 0 Å². The number of hydrogen-bond donors (Lipinski definition) is 1. The maximum atomic E-state index is 12.2. The number of nitrogens with zero attached hydrogens (tertiary/aromatic N) is 1. The van der Waals surface area contributed by atoms with E-state index in [9.17, 15) is 9.59 Å². The second-order valence-electron chi connectivity index (χ2n) is 6.11. The number of ether oxygens (including phenoxy) is 1. The molecule has 0 saturated carbocycles. The van der Waals surface area contributed by atoms with Gasteiger partial charge in [0.2, 0.25) is 5.91 Å². The molecular formula is C17H26N2O4. The number of nitrogens with one attached hydrogen (secondary N) is 1. The minimum atomic E-state index is -0.0975. The molecule has 1 aromatic rings. The Labute approximate surface area is 137 Å². The molecule has 0 aromatic carbocycles. The zero-order chi connectivity index (χ0) is 16.7. The summed E-state index contributed by atoms with van der Waals surface area (Å²) in [4.78, 5) is 26.0. The van der Waals surface area contributed by atoms with Gasteiger partial charge in [-0.25, -0.2) is 0 Å². The molecule has 2 amide bonds. The first-order chi connectivity index (χ1) is 11.1. The average molecular weight is 322 g/mol. The second kappa shape index (κ2) is 8.72. The monoisotopic (exact) mass is 322 g/mol. The van der Waals surface area contributed by atoms with E-state index in [4.69, 9.17) is 9.15 Å². The van der Waals surface area contributed by atoms with Crippen LogP contribution in [0.1, 0.15) is 43.7 Å². The minimum Gasteiger partial charge on any atom is -0.459 e. The molecule has 1 aliphatic rings. The molecule has 6 heteroatoms. The summed E-state index contributed by atoms with van der Waals surface area (Å²) in [5, 5.41) is 2.96. The third-order valence-electron chi connectivity index (χ3n) is 3.96. The lowest BCUT2D eigenvalue weighted by Gasteiger charge is -2.30. The fraction of sp³-hybridized carbons (Fsp3) is 0.647. The SMILES string of the molecule is CC(C)OCCCNC(=O)C1CCN(C(=O)c2ccco2)CC1. The Morgan fingerprint density at radius 2 is 2.13 bits per heavy atom. The van der Waals surface area contributed by atoms with Crippen molar-refractivity contribution in [1.82, 2.24) is 10.2 Å². The molecule has 1 fully saturated rings. The first kappa shape index (κ1) is 17.5. The normalized spacial score (nSPS) is 15.9. The smallest absolute Gasteiger partial charge is 0.289 e. The summed E-state index contributed by atoms with van der Waals surface area (Å²) >= 11 is 0. The number of carbonyl (C=O) groups excluding carboxylic acids is 2. The van der Waals surface area contributed by atoms with E-state index in [-0.39, 0.29) is 23.8 Å². The van der Waals surface area contributed by atoms with Gasteiger partial charge < -0.3 is 19.4 Å². The largest absolute Gasteiger partial charge is 0.459 e. The van der Waals surface area contributed by atoms with Crippen molar-refractivity contribution < 1.29 is 18.7 Å². The number of rotatable bonds is 7. The Morgan fingerprint density at radius 3 is 2.74 bits per heavy atom. The lowest BCUT2D eigenvalue weighted by atomic mass is 9.95. The van der Waals surface area contributed by atoms with Crippen molar-refractivity contribution in [2.45, 2.75) is 39.2 Å². The first-order valence-electron chi connectivity index (χ1n) is 8.30. The molecule has 0 bridgehead atoms. The molecule has 0 aliphatic carbocycles. The zero-order valence-corrected chi connectivity index (χ0v) is 13.9. The summed E-state index contributed by atoms with van der Waals surface area (Å²) in [5.41, 5.74) is 0. The molecule has 2 rings (SSSR count). The van der Waals surface area contributed by atoms with Crippen LogP contribution < -0.4 is 5.32 Å². The van der Waals surface area contributed by atoms with Crippen LogP contribution in [0.3, 0.4) is 0 Å². The summed E-state index contributed by atoms with van der Waals surface area (Å²) in [6.45, 7) is 6.47. The molecule has 1 aliphatic heterocycles. The lowest BCUT2D eigenvalue weighted by Crippen LogP contribution is -2.43. The van der Waals surface area contributed by atoms with Gasteiger partial charge in [-0.3, -0.25) is 9.59 Å². The quantitative estimate of drug-likeness (QED) is 0.780. The summed E-state index contributed by atoms with van der Waals surface area (Å²) < 4.78 is 10.6. The van der Waals surface area contributed by atoms with Crippen molar-refractivity contribution >= 4 is 11.8 Å². The van der Waals surface area contributed by atoms with Gasteiger partial charge >= 0.3 is 0 Å².